The van der Waals surface area contributed by atoms with Gasteiger partial charge in [-0.25, -0.2) is 0 Å². The molecule has 3 unspecified atom stereocenters. The highest BCUT2D eigenvalue weighted by Gasteiger charge is 2.60. The third-order valence-electron chi connectivity index (χ3n) is 6.57. The number of fused-ring (bicyclic) bond motifs is 3. The molecule has 2 aromatic rings. The zero-order chi connectivity index (χ0) is 16.4. The van der Waals surface area contributed by atoms with Crippen LogP contribution in [-0.2, 0) is 5.41 Å². The molecule has 2 aromatic carbocycles. The monoisotopic (exact) mass is 317 g/mol. The van der Waals surface area contributed by atoms with Crippen molar-refractivity contribution in [2.24, 2.45) is 0 Å². The molecule has 24 heavy (non-hydrogen) atoms. The smallest absolute Gasteiger partial charge is 0.124 e. The summed E-state index contributed by atoms with van der Waals surface area (Å²) in [6, 6.07) is 15.4. The second-order valence-corrected chi connectivity index (χ2v) is 8.50. The summed E-state index contributed by atoms with van der Waals surface area (Å²) in [4.78, 5) is 5.29. The van der Waals surface area contributed by atoms with E-state index in [0.29, 0.717) is 24.3 Å². The van der Waals surface area contributed by atoms with Gasteiger partial charge in [0.1, 0.15) is 6.17 Å². The molecule has 0 bridgehead atoms. The first kappa shape index (κ1) is 13.3. The summed E-state index contributed by atoms with van der Waals surface area (Å²) in [5, 5.41) is 3.77. The van der Waals surface area contributed by atoms with Crippen LogP contribution in [0.25, 0.3) is 0 Å². The minimum atomic E-state index is 0.0481. The number of nitrogens with zero attached hydrogens (tertiary/aromatic N) is 2. The van der Waals surface area contributed by atoms with Crippen LogP contribution >= 0.6 is 0 Å². The molecule has 1 N–H and O–H groups in total. The minimum Gasteiger partial charge on any atom is -0.345 e. The summed E-state index contributed by atoms with van der Waals surface area (Å²) in [5.74, 6) is 0. The van der Waals surface area contributed by atoms with Gasteiger partial charge in [-0.1, -0.05) is 44.2 Å². The van der Waals surface area contributed by atoms with Crippen LogP contribution in [0.2, 0.25) is 0 Å². The van der Waals surface area contributed by atoms with E-state index in [1.807, 2.05) is 0 Å². The van der Waals surface area contributed by atoms with Crippen molar-refractivity contribution < 1.29 is 0 Å². The van der Waals surface area contributed by atoms with Crippen molar-refractivity contribution in [2.45, 2.75) is 57.4 Å². The summed E-state index contributed by atoms with van der Waals surface area (Å²) in [6.07, 6.45) is 0.413. The summed E-state index contributed by atoms with van der Waals surface area (Å²) in [5.41, 5.74) is 8.83. The molecule has 3 atom stereocenters. The van der Waals surface area contributed by atoms with Crippen LogP contribution in [0.3, 0.4) is 0 Å². The Morgan fingerprint density at radius 2 is 1.71 bits per heavy atom. The Labute approximate surface area is 143 Å². The SMILES string of the molecule is CC(C)N1c2cccc3c2N2c4c(cccc4C3(C)C)C3NC3C21. The second kappa shape index (κ2) is 3.80. The third kappa shape index (κ3) is 1.25. The van der Waals surface area contributed by atoms with Crippen molar-refractivity contribution in [1.29, 1.82) is 0 Å². The Morgan fingerprint density at radius 1 is 1.00 bits per heavy atom. The Kier molecular flexibility index (Phi) is 2.11. The summed E-state index contributed by atoms with van der Waals surface area (Å²) >= 11 is 0. The van der Waals surface area contributed by atoms with Gasteiger partial charge in [-0.05, 0) is 36.6 Å². The third-order valence-corrected chi connectivity index (χ3v) is 6.57. The molecule has 4 aliphatic rings. The zero-order valence-electron chi connectivity index (χ0n) is 14.7. The van der Waals surface area contributed by atoms with Gasteiger partial charge in [0.25, 0.3) is 0 Å². The molecule has 4 heterocycles. The molecule has 3 heteroatoms. The van der Waals surface area contributed by atoms with Gasteiger partial charge in [-0.3, -0.25) is 0 Å². The molecule has 1 fully saturated rings. The molecule has 0 saturated carbocycles. The fourth-order valence-electron chi connectivity index (χ4n) is 5.48. The molecule has 6 rings (SSSR count). The highest BCUT2D eigenvalue weighted by atomic mass is 15.5. The summed E-state index contributed by atoms with van der Waals surface area (Å²) in [6.45, 7) is 9.41. The van der Waals surface area contributed by atoms with Crippen molar-refractivity contribution in [3.63, 3.8) is 0 Å². The molecule has 0 radical (unpaired) electrons. The first-order valence-electron chi connectivity index (χ1n) is 9.12. The molecule has 0 spiro atoms. The van der Waals surface area contributed by atoms with Gasteiger partial charge in [0, 0.05) is 11.5 Å². The van der Waals surface area contributed by atoms with Gasteiger partial charge in [0.05, 0.1) is 29.1 Å². The highest BCUT2D eigenvalue weighted by Crippen LogP contribution is 2.63. The van der Waals surface area contributed by atoms with Gasteiger partial charge >= 0.3 is 0 Å². The fraction of sp³-hybridized carbons (Fsp3) is 0.429. The maximum absolute atomic E-state index is 3.77. The number of anilines is 3. The van der Waals surface area contributed by atoms with Crippen molar-refractivity contribution in [3.05, 3.63) is 53.1 Å². The normalized spacial score (nSPS) is 29.6. The van der Waals surface area contributed by atoms with Crippen LogP contribution in [0.15, 0.2) is 36.4 Å². The number of hydrogen-bond donors (Lipinski definition) is 1. The van der Waals surface area contributed by atoms with Crippen molar-refractivity contribution in [2.75, 3.05) is 9.80 Å². The molecule has 4 aliphatic heterocycles. The number of para-hydroxylation sites is 2. The Bertz CT molecular complexity index is 898. The highest BCUT2D eigenvalue weighted by molar-refractivity contribution is 5.94. The quantitative estimate of drug-likeness (QED) is 0.805. The molecule has 0 amide bonds. The van der Waals surface area contributed by atoms with Gasteiger partial charge in [0.2, 0.25) is 0 Å². The average molecular weight is 317 g/mol. The van der Waals surface area contributed by atoms with Crippen molar-refractivity contribution in [1.82, 2.24) is 5.32 Å². The molecule has 122 valence electrons. The van der Waals surface area contributed by atoms with E-state index in [9.17, 15) is 0 Å². The van der Waals surface area contributed by atoms with E-state index in [1.165, 1.54) is 33.8 Å². The van der Waals surface area contributed by atoms with Gasteiger partial charge < -0.3 is 15.1 Å². The average Bonchev–Trinajstić information content (AvgIpc) is 3.27. The van der Waals surface area contributed by atoms with Crippen molar-refractivity contribution in [3.8, 4) is 0 Å². The largest absolute Gasteiger partial charge is 0.345 e. The summed E-state index contributed by atoms with van der Waals surface area (Å²) in [7, 11) is 0. The van der Waals surface area contributed by atoms with E-state index in [2.05, 4.69) is 79.2 Å². The molecule has 0 aromatic heterocycles. The fourth-order valence-corrected chi connectivity index (χ4v) is 5.48. The van der Waals surface area contributed by atoms with E-state index >= 15 is 0 Å². The molecule has 0 aliphatic carbocycles. The van der Waals surface area contributed by atoms with E-state index in [-0.39, 0.29) is 5.41 Å². The van der Waals surface area contributed by atoms with Crippen LogP contribution in [0.1, 0.15) is 50.4 Å². The lowest BCUT2D eigenvalue weighted by molar-refractivity contribution is 0.533. The summed E-state index contributed by atoms with van der Waals surface area (Å²) < 4.78 is 0. The predicted molar refractivity (Wildman–Crippen MR) is 98.2 cm³/mol. The second-order valence-electron chi connectivity index (χ2n) is 8.50. The zero-order valence-corrected chi connectivity index (χ0v) is 14.7. The number of nitrogens with one attached hydrogen (secondary N) is 1. The standard InChI is InChI=1S/C21H23N3/c1-11(2)23-15-10-6-9-14-19(15)24-18-12(16-17(22-16)20(23)24)7-5-8-13(18)21(14,3)4/h5-11,16-17,20,22H,1-4H3. The van der Waals surface area contributed by atoms with Crippen LogP contribution in [0, 0.1) is 0 Å². The predicted octanol–water partition coefficient (Wildman–Crippen LogP) is 4.05. The lowest BCUT2D eigenvalue weighted by Gasteiger charge is -2.45. The Balaban J connectivity index is 1.76. The Hall–Kier alpha value is -2.00. The lowest BCUT2D eigenvalue weighted by Crippen LogP contribution is -2.52. The van der Waals surface area contributed by atoms with Gasteiger partial charge in [0.15, 0.2) is 0 Å². The first-order chi connectivity index (χ1) is 11.5. The first-order valence-corrected chi connectivity index (χ1v) is 9.12. The number of rotatable bonds is 1. The molecule has 3 nitrogen and oxygen atoms in total. The maximum atomic E-state index is 3.77. The molecule has 1 saturated heterocycles. The van der Waals surface area contributed by atoms with Crippen molar-refractivity contribution >= 4 is 17.1 Å². The van der Waals surface area contributed by atoms with Crippen LogP contribution < -0.4 is 15.1 Å². The van der Waals surface area contributed by atoms with Crippen LogP contribution in [-0.4, -0.2) is 18.2 Å². The Morgan fingerprint density at radius 3 is 2.46 bits per heavy atom. The lowest BCUT2D eigenvalue weighted by atomic mass is 9.72. The minimum absolute atomic E-state index is 0.0481. The number of hydrogen-bond acceptors (Lipinski definition) is 3. The van der Waals surface area contributed by atoms with Crippen LogP contribution in [0.5, 0.6) is 0 Å². The van der Waals surface area contributed by atoms with E-state index in [0.717, 1.165) is 0 Å². The number of benzene rings is 2. The van der Waals surface area contributed by atoms with Gasteiger partial charge in [-0.15, -0.1) is 0 Å². The van der Waals surface area contributed by atoms with Crippen LogP contribution in [0.4, 0.5) is 17.1 Å². The van der Waals surface area contributed by atoms with E-state index < -0.39 is 0 Å². The molecular weight excluding hydrogens is 294 g/mol. The van der Waals surface area contributed by atoms with E-state index in [1.54, 1.807) is 0 Å². The maximum Gasteiger partial charge on any atom is 0.124 e. The van der Waals surface area contributed by atoms with E-state index in [4.69, 9.17) is 0 Å². The van der Waals surface area contributed by atoms with Gasteiger partial charge in [-0.2, -0.15) is 0 Å². The topological polar surface area (TPSA) is 28.4 Å². The molecular formula is C21H23N3.